The van der Waals surface area contributed by atoms with Crippen LogP contribution < -0.4 is 0 Å². The third kappa shape index (κ3) is 3.09. The summed E-state index contributed by atoms with van der Waals surface area (Å²) >= 11 is 0. The van der Waals surface area contributed by atoms with Gasteiger partial charge in [0.05, 0.1) is 16.6 Å². The highest BCUT2D eigenvalue weighted by Crippen LogP contribution is 2.20. The number of non-ortho nitro benzene ring substituents is 1. The van der Waals surface area contributed by atoms with Gasteiger partial charge in [-0.2, -0.15) is 5.26 Å². The number of hydrogen-bond acceptors (Lipinski definition) is 3. The minimum atomic E-state index is -0.446. The average Bonchev–Trinajstić information content (AvgIpc) is 2.46. The Bertz CT molecular complexity index is 693. The standard InChI is InChI=1S/C16H12N2O2/c1-12-2-6-14(7-3-12)15(11-17)10-13-4-8-16(9-5-13)18(19)20/h2-10H,1H3/b15-10-. The maximum absolute atomic E-state index is 10.6. The number of nitriles is 1. The first-order valence-electron chi connectivity index (χ1n) is 6.03. The van der Waals surface area contributed by atoms with Gasteiger partial charge in [-0.1, -0.05) is 29.8 Å². The third-order valence-electron chi connectivity index (χ3n) is 2.90. The second-order valence-electron chi connectivity index (χ2n) is 4.38. The minimum absolute atomic E-state index is 0.0380. The molecule has 0 aromatic heterocycles. The molecule has 0 atom stereocenters. The van der Waals surface area contributed by atoms with Gasteiger partial charge in [0.1, 0.15) is 0 Å². The van der Waals surface area contributed by atoms with Crippen molar-refractivity contribution in [3.05, 3.63) is 75.3 Å². The first kappa shape index (κ1) is 13.5. The van der Waals surface area contributed by atoms with Crippen molar-refractivity contribution in [3.8, 4) is 6.07 Å². The number of nitrogens with zero attached hydrogens (tertiary/aromatic N) is 2. The number of allylic oxidation sites excluding steroid dienone is 1. The molecule has 0 aliphatic heterocycles. The molecule has 0 aliphatic carbocycles. The Balaban J connectivity index is 2.34. The summed E-state index contributed by atoms with van der Waals surface area (Å²) < 4.78 is 0. The summed E-state index contributed by atoms with van der Waals surface area (Å²) in [5, 5.41) is 19.8. The topological polar surface area (TPSA) is 66.9 Å². The highest BCUT2D eigenvalue weighted by atomic mass is 16.6. The molecule has 0 radical (unpaired) electrons. The predicted molar refractivity (Wildman–Crippen MR) is 77.8 cm³/mol. The number of rotatable bonds is 3. The van der Waals surface area contributed by atoms with Crippen LogP contribution in [0.25, 0.3) is 11.6 Å². The lowest BCUT2D eigenvalue weighted by atomic mass is 10.0. The fourth-order valence-electron chi connectivity index (χ4n) is 1.77. The van der Waals surface area contributed by atoms with Crippen LogP contribution in [-0.4, -0.2) is 4.92 Å². The van der Waals surface area contributed by atoms with Crippen LogP contribution in [0.2, 0.25) is 0 Å². The summed E-state index contributed by atoms with van der Waals surface area (Å²) in [7, 11) is 0. The van der Waals surface area contributed by atoms with Crippen LogP contribution in [0.15, 0.2) is 48.5 Å². The number of nitro benzene ring substituents is 1. The summed E-state index contributed by atoms with van der Waals surface area (Å²) in [5.41, 5.74) is 3.28. The van der Waals surface area contributed by atoms with Crippen molar-refractivity contribution < 1.29 is 4.92 Å². The summed E-state index contributed by atoms with van der Waals surface area (Å²) in [6.07, 6.45) is 1.72. The summed E-state index contributed by atoms with van der Waals surface area (Å²) in [5.74, 6) is 0. The van der Waals surface area contributed by atoms with E-state index in [0.29, 0.717) is 5.57 Å². The fourth-order valence-corrected chi connectivity index (χ4v) is 1.77. The van der Waals surface area contributed by atoms with Gasteiger partial charge in [0, 0.05) is 12.1 Å². The lowest BCUT2D eigenvalue weighted by Gasteiger charge is -2.00. The molecule has 0 unspecified atom stereocenters. The molecule has 0 saturated heterocycles. The molecule has 0 amide bonds. The van der Waals surface area contributed by atoms with E-state index >= 15 is 0 Å². The quantitative estimate of drug-likeness (QED) is 0.364. The van der Waals surface area contributed by atoms with Crippen molar-refractivity contribution >= 4 is 17.3 Å². The lowest BCUT2D eigenvalue weighted by molar-refractivity contribution is -0.384. The lowest BCUT2D eigenvalue weighted by Crippen LogP contribution is -1.87. The SMILES string of the molecule is Cc1ccc(/C(C#N)=C\c2ccc([N+](=O)[O-])cc2)cc1. The Kier molecular flexibility index (Phi) is 3.92. The number of benzene rings is 2. The Labute approximate surface area is 116 Å². The van der Waals surface area contributed by atoms with E-state index in [9.17, 15) is 15.4 Å². The van der Waals surface area contributed by atoms with E-state index in [1.165, 1.54) is 12.1 Å². The second-order valence-corrected chi connectivity index (χ2v) is 4.38. The van der Waals surface area contributed by atoms with E-state index < -0.39 is 4.92 Å². The van der Waals surface area contributed by atoms with E-state index in [1.54, 1.807) is 18.2 Å². The zero-order valence-electron chi connectivity index (χ0n) is 10.9. The molecule has 4 heteroatoms. The molecule has 0 saturated carbocycles. The molecule has 2 aromatic carbocycles. The van der Waals surface area contributed by atoms with Crippen molar-refractivity contribution in [2.45, 2.75) is 6.92 Å². The van der Waals surface area contributed by atoms with Crippen LogP contribution in [0.4, 0.5) is 5.69 Å². The average molecular weight is 264 g/mol. The fraction of sp³-hybridized carbons (Fsp3) is 0.0625. The Morgan fingerprint density at radius 2 is 1.75 bits per heavy atom. The van der Waals surface area contributed by atoms with Gasteiger partial charge in [-0.15, -0.1) is 0 Å². The summed E-state index contributed by atoms with van der Waals surface area (Å²) in [6.45, 7) is 1.98. The van der Waals surface area contributed by atoms with Gasteiger partial charge in [-0.05, 0) is 36.3 Å². The molecule has 0 N–H and O–H groups in total. The van der Waals surface area contributed by atoms with Gasteiger partial charge in [0.25, 0.3) is 5.69 Å². The highest BCUT2D eigenvalue weighted by Gasteiger charge is 2.04. The van der Waals surface area contributed by atoms with E-state index in [1.807, 2.05) is 31.2 Å². The summed E-state index contributed by atoms with van der Waals surface area (Å²) in [4.78, 5) is 10.1. The molecule has 0 bridgehead atoms. The van der Waals surface area contributed by atoms with E-state index in [2.05, 4.69) is 6.07 Å². The van der Waals surface area contributed by atoms with E-state index in [4.69, 9.17) is 0 Å². The Hall–Kier alpha value is -2.93. The minimum Gasteiger partial charge on any atom is -0.258 e. The maximum Gasteiger partial charge on any atom is 0.269 e. The van der Waals surface area contributed by atoms with Gasteiger partial charge in [0.2, 0.25) is 0 Å². The van der Waals surface area contributed by atoms with Crippen molar-refractivity contribution in [1.29, 1.82) is 5.26 Å². The van der Waals surface area contributed by atoms with Gasteiger partial charge >= 0.3 is 0 Å². The van der Waals surface area contributed by atoms with Crippen LogP contribution in [0, 0.1) is 28.4 Å². The molecule has 2 aromatic rings. The van der Waals surface area contributed by atoms with E-state index in [0.717, 1.165) is 16.7 Å². The van der Waals surface area contributed by atoms with Gasteiger partial charge < -0.3 is 0 Å². The molecule has 0 aliphatic rings. The molecule has 20 heavy (non-hydrogen) atoms. The molecule has 0 spiro atoms. The largest absolute Gasteiger partial charge is 0.269 e. The third-order valence-corrected chi connectivity index (χ3v) is 2.90. The molecule has 0 heterocycles. The second kappa shape index (κ2) is 5.81. The monoisotopic (exact) mass is 264 g/mol. The van der Waals surface area contributed by atoms with Crippen LogP contribution in [-0.2, 0) is 0 Å². The van der Waals surface area contributed by atoms with Crippen molar-refractivity contribution in [2.75, 3.05) is 0 Å². The smallest absolute Gasteiger partial charge is 0.258 e. The van der Waals surface area contributed by atoms with Crippen molar-refractivity contribution in [3.63, 3.8) is 0 Å². The van der Waals surface area contributed by atoms with Crippen molar-refractivity contribution in [1.82, 2.24) is 0 Å². The molecular formula is C16H12N2O2. The van der Waals surface area contributed by atoms with Gasteiger partial charge in [-0.25, -0.2) is 0 Å². The highest BCUT2D eigenvalue weighted by molar-refractivity contribution is 5.89. The number of nitro groups is 1. The van der Waals surface area contributed by atoms with Crippen molar-refractivity contribution in [2.24, 2.45) is 0 Å². The molecule has 4 nitrogen and oxygen atoms in total. The Morgan fingerprint density at radius 3 is 2.25 bits per heavy atom. The Morgan fingerprint density at radius 1 is 1.15 bits per heavy atom. The predicted octanol–water partition coefficient (Wildman–Crippen LogP) is 3.97. The van der Waals surface area contributed by atoms with E-state index in [-0.39, 0.29) is 5.69 Å². The molecular weight excluding hydrogens is 252 g/mol. The zero-order chi connectivity index (χ0) is 14.5. The van der Waals surface area contributed by atoms with Gasteiger partial charge in [-0.3, -0.25) is 10.1 Å². The number of hydrogen-bond donors (Lipinski definition) is 0. The maximum atomic E-state index is 10.6. The zero-order valence-corrected chi connectivity index (χ0v) is 10.9. The number of aryl methyl sites for hydroxylation is 1. The van der Waals surface area contributed by atoms with Crippen LogP contribution in [0.1, 0.15) is 16.7 Å². The normalized spacial score (nSPS) is 10.9. The van der Waals surface area contributed by atoms with Crippen LogP contribution >= 0.6 is 0 Å². The molecule has 0 fully saturated rings. The first-order valence-corrected chi connectivity index (χ1v) is 6.03. The van der Waals surface area contributed by atoms with Crippen LogP contribution in [0.3, 0.4) is 0 Å². The summed E-state index contributed by atoms with van der Waals surface area (Å²) in [6, 6.07) is 15.9. The van der Waals surface area contributed by atoms with Crippen LogP contribution in [0.5, 0.6) is 0 Å². The van der Waals surface area contributed by atoms with Gasteiger partial charge in [0.15, 0.2) is 0 Å². The first-order chi connectivity index (χ1) is 9.60. The molecule has 98 valence electrons. The molecule has 2 rings (SSSR count).